The van der Waals surface area contributed by atoms with Gasteiger partial charge in [0.25, 0.3) is 0 Å². The van der Waals surface area contributed by atoms with Gasteiger partial charge in [-0.2, -0.15) is 0 Å². The lowest BCUT2D eigenvalue weighted by Gasteiger charge is -2.23. The standard InChI is InChI=1S/C12H19N3O3S/c1-17-11-10(12(18-2)15-8-14-11)7-13-9-3-5-19(16)6-4-9/h8-9,13H,3-7H2,1-2H3. The van der Waals surface area contributed by atoms with Gasteiger partial charge in [0.15, 0.2) is 0 Å². The van der Waals surface area contributed by atoms with Gasteiger partial charge < -0.3 is 14.8 Å². The summed E-state index contributed by atoms with van der Waals surface area (Å²) in [5.41, 5.74) is 0.819. The van der Waals surface area contributed by atoms with Gasteiger partial charge in [0, 0.05) is 34.9 Å². The number of aromatic nitrogens is 2. The molecule has 0 unspecified atom stereocenters. The fraction of sp³-hybridized carbons (Fsp3) is 0.667. The summed E-state index contributed by atoms with van der Waals surface area (Å²) < 4.78 is 21.8. The highest BCUT2D eigenvalue weighted by Gasteiger charge is 2.19. The van der Waals surface area contributed by atoms with Crippen LogP contribution >= 0.6 is 0 Å². The third-order valence-electron chi connectivity index (χ3n) is 3.21. The summed E-state index contributed by atoms with van der Waals surface area (Å²) in [4.78, 5) is 8.16. The maximum Gasteiger partial charge on any atom is 0.224 e. The first kappa shape index (κ1) is 14.2. The van der Waals surface area contributed by atoms with Gasteiger partial charge in [-0.05, 0) is 12.8 Å². The lowest BCUT2D eigenvalue weighted by Crippen LogP contribution is -2.35. The lowest BCUT2D eigenvalue weighted by molar-refractivity contribution is 0.355. The number of nitrogens with zero attached hydrogens (tertiary/aromatic N) is 2. The van der Waals surface area contributed by atoms with Crippen molar-refractivity contribution >= 4 is 10.8 Å². The largest absolute Gasteiger partial charge is 0.481 e. The minimum absolute atomic E-state index is 0.382. The van der Waals surface area contributed by atoms with E-state index in [2.05, 4.69) is 15.3 Å². The van der Waals surface area contributed by atoms with Crippen LogP contribution in [0.3, 0.4) is 0 Å². The molecule has 1 aromatic heterocycles. The smallest absolute Gasteiger partial charge is 0.224 e. The van der Waals surface area contributed by atoms with Crippen LogP contribution in [0.2, 0.25) is 0 Å². The molecule has 2 rings (SSSR count). The van der Waals surface area contributed by atoms with E-state index in [1.165, 1.54) is 6.33 Å². The van der Waals surface area contributed by atoms with Crippen LogP contribution < -0.4 is 14.8 Å². The number of ether oxygens (including phenoxy) is 2. The van der Waals surface area contributed by atoms with E-state index in [0.29, 0.717) is 24.3 Å². The van der Waals surface area contributed by atoms with E-state index in [1.54, 1.807) is 14.2 Å². The Balaban J connectivity index is 2.00. The molecular formula is C12H19N3O3S. The second-order valence-electron chi connectivity index (χ2n) is 4.37. The fourth-order valence-corrected chi connectivity index (χ4v) is 3.43. The Morgan fingerprint density at radius 2 is 1.84 bits per heavy atom. The molecule has 1 aliphatic rings. The minimum atomic E-state index is -0.635. The molecule has 6 nitrogen and oxygen atoms in total. The highest BCUT2D eigenvalue weighted by Crippen LogP contribution is 2.23. The van der Waals surface area contributed by atoms with Crippen LogP contribution in [-0.4, -0.2) is 45.9 Å². The first-order valence-corrected chi connectivity index (χ1v) is 7.73. The Kier molecular flexibility index (Phi) is 5.09. The molecule has 1 fully saturated rings. The Morgan fingerprint density at radius 3 is 2.37 bits per heavy atom. The van der Waals surface area contributed by atoms with E-state index < -0.39 is 10.8 Å². The number of nitrogens with one attached hydrogen (secondary N) is 1. The molecule has 1 N–H and O–H groups in total. The topological polar surface area (TPSA) is 73.3 Å². The summed E-state index contributed by atoms with van der Waals surface area (Å²) in [7, 11) is 2.52. The molecule has 1 saturated heterocycles. The van der Waals surface area contributed by atoms with E-state index in [9.17, 15) is 4.21 Å². The maximum atomic E-state index is 11.3. The maximum absolute atomic E-state index is 11.3. The van der Waals surface area contributed by atoms with Crippen LogP contribution in [0.4, 0.5) is 0 Å². The van der Waals surface area contributed by atoms with Gasteiger partial charge in [-0.3, -0.25) is 4.21 Å². The van der Waals surface area contributed by atoms with Crippen molar-refractivity contribution in [1.29, 1.82) is 0 Å². The minimum Gasteiger partial charge on any atom is -0.481 e. The van der Waals surface area contributed by atoms with E-state index in [0.717, 1.165) is 29.9 Å². The van der Waals surface area contributed by atoms with Gasteiger partial charge in [0.1, 0.15) is 6.33 Å². The van der Waals surface area contributed by atoms with Crippen molar-refractivity contribution < 1.29 is 13.7 Å². The summed E-state index contributed by atoms with van der Waals surface area (Å²) in [6.07, 6.45) is 3.29. The van der Waals surface area contributed by atoms with Crippen LogP contribution in [0.5, 0.6) is 11.8 Å². The van der Waals surface area contributed by atoms with Crippen molar-refractivity contribution in [1.82, 2.24) is 15.3 Å². The van der Waals surface area contributed by atoms with Crippen LogP contribution in [0.25, 0.3) is 0 Å². The number of hydrogen-bond acceptors (Lipinski definition) is 6. The van der Waals surface area contributed by atoms with Crippen molar-refractivity contribution in [2.75, 3.05) is 25.7 Å². The molecule has 7 heteroatoms. The first-order chi connectivity index (χ1) is 9.24. The molecule has 0 saturated carbocycles. The first-order valence-electron chi connectivity index (χ1n) is 6.24. The zero-order valence-electron chi connectivity index (χ0n) is 11.2. The number of hydrogen-bond donors (Lipinski definition) is 1. The van der Waals surface area contributed by atoms with Gasteiger partial charge in [-0.25, -0.2) is 9.97 Å². The predicted octanol–water partition coefficient (Wildman–Crippen LogP) is 0.494. The second-order valence-corrected chi connectivity index (χ2v) is 6.07. The molecule has 0 atom stereocenters. The third-order valence-corrected chi connectivity index (χ3v) is 4.59. The van der Waals surface area contributed by atoms with E-state index in [4.69, 9.17) is 9.47 Å². The molecule has 106 valence electrons. The summed E-state index contributed by atoms with van der Waals surface area (Å²) >= 11 is 0. The SMILES string of the molecule is COc1ncnc(OC)c1CNC1CCS(=O)CC1. The monoisotopic (exact) mass is 285 g/mol. The van der Waals surface area contributed by atoms with E-state index >= 15 is 0 Å². The Labute approximate surface area is 115 Å². The van der Waals surface area contributed by atoms with Crippen molar-refractivity contribution in [3.8, 4) is 11.8 Å². The van der Waals surface area contributed by atoms with Crippen molar-refractivity contribution in [3.05, 3.63) is 11.9 Å². The third kappa shape index (κ3) is 3.63. The average Bonchev–Trinajstić information content (AvgIpc) is 2.46. The summed E-state index contributed by atoms with van der Waals surface area (Å²) in [6.45, 7) is 0.588. The highest BCUT2D eigenvalue weighted by atomic mass is 32.2. The Morgan fingerprint density at radius 1 is 1.26 bits per heavy atom. The molecule has 0 radical (unpaired) electrons. The molecule has 0 aromatic carbocycles. The number of rotatable bonds is 5. The summed E-state index contributed by atoms with van der Waals surface area (Å²) in [6, 6.07) is 0.382. The average molecular weight is 285 g/mol. The molecule has 19 heavy (non-hydrogen) atoms. The Bertz CT molecular complexity index is 424. The Hall–Kier alpha value is -1.21. The van der Waals surface area contributed by atoms with Crippen LogP contribution in [0, 0.1) is 0 Å². The van der Waals surface area contributed by atoms with E-state index in [1.807, 2.05) is 0 Å². The van der Waals surface area contributed by atoms with Crippen LogP contribution in [-0.2, 0) is 17.3 Å². The van der Waals surface area contributed by atoms with E-state index in [-0.39, 0.29) is 0 Å². The molecule has 0 amide bonds. The summed E-state index contributed by atoms with van der Waals surface area (Å²) in [5, 5.41) is 3.43. The molecule has 1 aliphatic heterocycles. The van der Waals surface area contributed by atoms with Gasteiger partial charge in [0.2, 0.25) is 11.8 Å². The zero-order valence-corrected chi connectivity index (χ0v) is 12.0. The lowest BCUT2D eigenvalue weighted by atomic mass is 10.1. The van der Waals surface area contributed by atoms with Gasteiger partial charge in [0.05, 0.1) is 19.8 Å². The summed E-state index contributed by atoms with van der Waals surface area (Å²) in [5.74, 6) is 2.60. The van der Waals surface area contributed by atoms with Crippen LogP contribution in [0.15, 0.2) is 6.33 Å². The molecule has 0 spiro atoms. The van der Waals surface area contributed by atoms with Crippen molar-refractivity contribution in [3.63, 3.8) is 0 Å². The van der Waals surface area contributed by atoms with Gasteiger partial charge in [-0.15, -0.1) is 0 Å². The van der Waals surface area contributed by atoms with Crippen molar-refractivity contribution in [2.45, 2.75) is 25.4 Å². The molecule has 0 bridgehead atoms. The second kappa shape index (κ2) is 6.81. The van der Waals surface area contributed by atoms with Crippen molar-refractivity contribution in [2.24, 2.45) is 0 Å². The fourth-order valence-electron chi connectivity index (χ4n) is 2.13. The molecule has 2 heterocycles. The highest BCUT2D eigenvalue weighted by molar-refractivity contribution is 7.85. The van der Waals surface area contributed by atoms with Gasteiger partial charge >= 0.3 is 0 Å². The normalized spacial score (nSPS) is 23.1. The molecular weight excluding hydrogens is 266 g/mol. The molecule has 1 aromatic rings. The predicted molar refractivity (Wildman–Crippen MR) is 72.9 cm³/mol. The molecule has 0 aliphatic carbocycles. The van der Waals surface area contributed by atoms with Gasteiger partial charge in [-0.1, -0.05) is 0 Å². The quantitative estimate of drug-likeness (QED) is 0.849. The zero-order chi connectivity index (χ0) is 13.7. The van der Waals surface area contributed by atoms with Crippen LogP contribution in [0.1, 0.15) is 18.4 Å². The number of methoxy groups -OCH3 is 2.